The van der Waals surface area contributed by atoms with Crippen LogP contribution in [0.5, 0.6) is 5.75 Å². The van der Waals surface area contributed by atoms with Crippen LogP contribution in [0, 0.1) is 23.7 Å². The van der Waals surface area contributed by atoms with Gasteiger partial charge in [0.1, 0.15) is 17.6 Å². The summed E-state index contributed by atoms with van der Waals surface area (Å²) in [6, 6.07) is 10.9. The first-order valence-corrected chi connectivity index (χ1v) is 12.3. The van der Waals surface area contributed by atoms with E-state index in [1.54, 1.807) is 31.6 Å². The van der Waals surface area contributed by atoms with Crippen LogP contribution in [0.25, 0.3) is 10.9 Å². The van der Waals surface area contributed by atoms with Crippen molar-refractivity contribution < 1.29 is 19.0 Å². The van der Waals surface area contributed by atoms with Gasteiger partial charge in [-0.25, -0.2) is 4.39 Å². The molecule has 0 aliphatic carbocycles. The molecule has 36 heavy (non-hydrogen) atoms. The number of pyridine rings is 1. The fraction of sp³-hybridized carbons (Fsp3) is 0.429. The van der Waals surface area contributed by atoms with Gasteiger partial charge in [0.2, 0.25) is 0 Å². The average molecular weight is 491 g/mol. The molecule has 0 unspecified atom stereocenters. The fourth-order valence-corrected chi connectivity index (χ4v) is 4.99. The standard InChI is InChI=1S/C28H31FN4O3/c1-36-23-8-10-27-25(18-23)24(12-15-30-27)26(29)9-6-20-13-17-33(19-21(20)7-11-28(34)35)16-3-5-22-4-2-14-31-32-22/h2,4,8,10,12,14-15,18,20-21,26H,6-7,9,11,13,16-17,19H2,1H3,(H,34,35)/t20-,21-,26-/m1/s1. The Balaban J connectivity index is 1.39. The molecular formula is C28H31FN4O3. The largest absolute Gasteiger partial charge is 0.497 e. The summed E-state index contributed by atoms with van der Waals surface area (Å²) in [4.78, 5) is 17.9. The van der Waals surface area contributed by atoms with Gasteiger partial charge in [0.05, 0.1) is 19.2 Å². The van der Waals surface area contributed by atoms with E-state index in [-0.39, 0.29) is 18.3 Å². The second kappa shape index (κ2) is 12.4. The van der Waals surface area contributed by atoms with Crippen molar-refractivity contribution in [3.05, 3.63) is 60.0 Å². The molecule has 4 rings (SSSR count). The number of benzene rings is 1. The van der Waals surface area contributed by atoms with Crippen LogP contribution in [-0.2, 0) is 4.79 Å². The van der Waals surface area contributed by atoms with Gasteiger partial charge in [0.25, 0.3) is 0 Å². The molecule has 0 bridgehead atoms. The lowest BCUT2D eigenvalue weighted by molar-refractivity contribution is -0.137. The summed E-state index contributed by atoms with van der Waals surface area (Å²) in [5.41, 5.74) is 1.99. The molecule has 188 valence electrons. The summed E-state index contributed by atoms with van der Waals surface area (Å²) in [5, 5.41) is 17.8. The van der Waals surface area contributed by atoms with E-state index in [1.807, 2.05) is 24.3 Å². The van der Waals surface area contributed by atoms with Crippen molar-refractivity contribution in [2.24, 2.45) is 11.8 Å². The molecule has 2 aromatic heterocycles. The highest BCUT2D eigenvalue weighted by molar-refractivity contribution is 5.83. The lowest BCUT2D eigenvalue weighted by atomic mass is 9.79. The minimum Gasteiger partial charge on any atom is -0.497 e. The molecule has 8 heteroatoms. The Labute approximate surface area is 210 Å². The first kappa shape index (κ1) is 25.5. The highest BCUT2D eigenvalue weighted by Gasteiger charge is 2.30. The van der Waals surface area contributed by atoms with Gasteiger partial charge in [-0.1, -0.05) is 5.92 Å². The monoisotopic (exact) mass is 490 g/mol. The molecule has 3 aromatic rings. The van der Waals surface area contributed by atoms with E-state index in [0.29, 0.717) is 42.8 Å². The van der Waals surface area contributed by atoms with E-state index < -0.39 is 12.1 Å². The highest BCUT2D eigenvalue weighted by atomic mass is 19.1. The zero-order valence-corrected chi connectivity index (χ0v) is 20.4. The third kappa shape index (κ3) is 6.76. The van der Waals surface area contributed by atoms with Gasteiger partial charge in [-0.2, -0.15) is 5.10 Å². The number of carboxylic acid groups (broad SMARTS) is 1. The Hall–Kier alpha value is -3.57. The molecule has 7 nitrogen and oxygen atoms in total. The van der Waals surface area contributed by atoms with Gasteiger partial charge in [-0.3, -0.25) is 14.7 Å². The normalized spacial score (nSPS) is 18.8. The maximum Gasteiger partial charge on any atom is 0.303 e. The maximum absolute atomic E-state index is 15.5. The van der Waals surface area contributed by atoms with E-state index in [2.05, 4.69) is 31.9 Å². The number of piperidine rings is 1. The van der Waals surface area contributed by atoms with Crippen LogP contribution in [-0.4, -0.2) is 57.9 Å². The van der Waals surface area contributed by atoms with Gasteiger partial charge in [-0.15, -0.1) is 5.10 Å². The van der Waals surface area contributed by atoms with Crippen LogP contribution in [0.3, 0.4) is 0 Å². The number of fused-ring (bicyclic) bond motifs is 1. The van der Waals surface area contributed by atoms with Crippen LogP contribution < -0.4 is 4.74 Å². The predicted molar refractivity (Wildman–Crippen MR) is 135 cm³/mol. The Bertz CT molecular complexity index is 1230. The smallest absolute Gasteiger partial charge is 0.303 e. The molecule has 0 radical (unpaired) electrons. The van der Waals surface area contributed by atoms with E-state index in [1.165, 1.54) is 0 Å². The van der Waals surface area contributed by atoms with Gasteiger partial charge in [-0.05, 0) is 91.9 Å². The summed E-state index contributed by atoms with van der Waals surface area (Å²) >= 11 is 0. The van der Waals surface area contributed by atoms with Gasteiger partial charge in [0, 0.05) is 30.7 Å². The van der Waals surface area contributed by atoms with Crippen molar-refractivity contribution in [1.29, 1.82) is 0 Å². The van der Waals surface area contributed by atoms with E-state index >= 15 is 4.39 Å². The molecule has 3 atom stereocenters. The molecular weight excluding hydrogens is 459 g/mol. The van der Waals surface area contributed by atoms with Crippen molar-refractivity contribution in [2.75, 3.05) is 26.7 Å². The molecule has 1 aliphatic rings. The molecule has 1 N–H and O–H groups in total. The van der Waals surface area contributed by atoms with Crippen LogP contribution in [0.1, 0.15) is 49.5 Å². The Kier molecular flexibility index (Phi) is 8.80. The number of rotatable bonds is 9. The first-order valence-electron chi connectivity index (χ1n) is 12.3. The molecule has 1 aromatic carbocycles. The number of methoxy groups -OCH3 is 1. The number of halogens is 1. The summed E-state index contributed by atoms with van der Waals surface area (Å²) in [6.07, 6.45) is 4.82. The molecule has 3 heterocycles. The number of nitrogens with zero attached hydrogens (tertiary/aromatic N) is 4. The topological polar surface area (TPSA) is 88.4 Å². The molecule has 1 fully saturated rings. The molecule has 0 amide bonds. The SMILES string of the molecule is COc1ccc2nccc([C@H](F)CC[C@@H]3CCN(CC#Cc4cccnn4)C[C@H]3CCC(=O)O)c2c1. The van der Waals surface area contributed by atoms with E-state index in [0.717, 1.165) is 30.4 Å². The number of carboxylic acids is 1. The number of carbonyl (C=O) groups is 1. The molecule has 1 saturated heterocycles. The minimum atomic E-state index is -1.13. The van der Waals surface area contributed by atoms with Crippen LogP contribution >= 0.6 is 0 Å². The third-order valence-corrected chi connectivity index (χ3v) is 6.91. The van der Waals surface area contributed by atoms with Crippen molar-refractivity contribution in [2.45, 2.75) is 38.3 Å². The third-order valence-electron chi connectivity index (χ3n) is 6.91. The summed E-state index contributed by atoms with van der Waals surface area (Å²) in [5.74, 6) is 6.52. The quantitative estimate of drug-likeness (QED) is 0.436. The number of alkyl halides is 1. The van der Waals surface area contributed by atoms with E-state index in [9.17, 15) is 9.90 Å². The van der Waals surface area contributed by atoms with Crippen LogP contribution in [0.2, 0.25) is 0 Å². The molecule has 0 spiro atoms. The number of likely N-dealkylation sites (tertiary alicyclic amines) is 1. The lowest BCUT2D eigenvalue weighted by Crippen LogP contribution is -2.41. The summed E-state index contributed by atoms with van der Waals surface area (Å²) in [6.45, 7) is 2.21. The van der Waals surface area contributed by atoms with Crippen molar-refractivity contribution in [1.82, 2.24) is 20.1 Å². The Morgan fingerprint density at radius 3 is 2.92 bits per heavy atom. The Morgan fingerprint density at radius 1 is 1.25 bits per heavy atom. The summed E-state index contributed by atoms with van der Waals surface area (Å²) in [7, 11) is 1.59. The molecule has 0 saturated carbocycles. The predicted octanol–water partition coefficient (Wildman–Crippen LogP) is 4.68. The van der Waals surface area contributed by atoms with Crippen LogP contribution in [0.4, 0.5) is 4.39 Å². The maximum atomic E-state index is 15.5. The Morgan fingerprint density at radius 2 is 2.14 bits per heavy atom. The van der Waals surface area contributed by atoms with Gasteiger partial charge < -0.3 is 9.84 Å². The van der Waals surface area contributed by atoms with Gasteiger partial charge >= 0.3 is 5.97 Å². The number of aliphatic carboxylic acids is 1. The minimum absolute atomic E-state index is 0.119. The number of ether oxygens (including phenoxy) is 1. The fourth-order valence-electron chi connectivity index (χ4n) is 4.99. The highest BCUT2D eigenvalue weighted by Crippen LogP contribution is 2.36. The zero-order chi connectivity index (χ0) is 25.3. The first-order chi connectivity index (χ1) is 17.5. The van der Waals surface area contributed by atoms with Crippen molar-refractivity contribution >= 4 is 16.9 Å². The lowest BCUT2D eigenvalue weighted by Gasteiger charge is -2.38. The molecule has 1 aliphatic heterocycles. The number of aromatic nitrogens is 3. The second-order valence-electron chi connectivity index (χ2n) is 9.22. The number of hydrogen-bond acceptors (Lipinski definition) is 6. The second-order valence-corrected chi connectivity index (χ2v) is 9.22. The summed E-state index contributed by atoms with van der Waals surface area (Å²) < 4.78 is 20.8. The van der Waals surface area contributed by atoms with Crippen LogP contribution in [0.15, 0.2) is 48.8 Å². The average Bonchev–Trinajstić information content (AvgIpc) is 2.91. The van der Waals surface area contributed by atoms with Crippen molar-refractivity contribution in [3.8, 4) is 17.6 Å². The van der Waals surface area contributed by atoms with Crippen molar-refractivity contribution in [3.63, 3.8) is 0 Å². The van der Waals surface area contributed by atoms with E-state index in [4.69, 9.17) is 4.74 Å². The zero-order valence-electron chi connectivity index (χ0n) is 20.4. The van der Waals surface area contributed by atoms with Gasteiger partial charge in [0.15, 0.2) is 0 Å². The number of hydrogen-bond donors (Lipinski definition) is 1.